The van der Waals surface area contributed by atoms with E-state index in [-0.39, 0.29) is 22.9 Å². The van der Waals surface area contributed by atoms with E-state index in [0.717, 1.165) is 0 Å². The molecule has 0 unspecified atom stereocenters. The number of pyridine rings is 1. The Morgan fingerprint density at radius 3 is 2.63 bits per heavy atom. The van der Waals surface area contributed by atoms with Crippen LogP contribution in [0.25, 0.3) is 0 Å². The van der Waals surface area contributed by atoms with Crippen LogP contribution in [0.5, 0.6) is 17.4 Å². The molecule has 0 aliphatic rings. The van der Waals surface area contributed by atoms with Crippen LogP contribution < -0.4 is 9.47 Å². The van der Waals surface area contributed by atoms with Gasteiger partial charge in [0.15, 0.2) is 11.5 Å². The minimum atomic E-state index is -2.98. The molecule has 0 saturated carbocycles. The summed E-state index contributed by atoms with van der Waals surface area (Å²) in [6.45, 7) is -2.98. The molecule has 0 amide bonds. The molecule has 0 atom stereocenters. The van der Waals surface area contributed by atoms with Crippen molar-refractivity contribution in [2.45, 2.75) is 6.61 Å². The summed E-state index contributed by atoms with van der Waals surface area (Å²) in [5, 5.41) is 0. The van der Waals surface area contributed by atoms with Gasteiger partial charge in [-0.2, -0.15) is 8.78 Å². The normalized spacial score (nSPS) is 10.3. The summed E-state index contributed by atoms with van der Waals surface area (Å²) in [4.78, 5) is 14.6. The number of aromatic nitrogens is 1. The first kappa shape index (κ1) is 12.9. The first-order chi connectivity index (χ1) is 9.19. The van der Waals surface area contributed by atoms with Gasteiger partial charge in [0.2, 0.25) is 5.88 Å². The van der Waals surface area contributed by atoms with Crippen LogP contribution in [0.1, 0.15) is 10.4 Å². The average Bonchev–Trinajstić information content (AvgIpc) is 2.41. The predicted octanol–water partition coefficient (Wildman–Crippen LogP) is 3.29. The minimum Gasteiger partial charge on any atom is -0.435 e. The molecule has 19 heavy (non-hydrogen) atoms. The average molecular weight is 265 g/mol. The molecule has 0 N–H and O–H groups in total. The zero-order valence-electron chi connectivity index (χ0n) is 9.62. The molecule has 0 aliphatic carbocycles. The number of alkyl halides is 2. The number of benzene rings is 1. The van der Waals surface area contributed by atoms with Crippen molar-refractivity contribution in [3.05, 3.63) is 48.2 Å². The van der Waals surface area contributed by atoms with Crippen molar-refractivity contribution < 1.29 is 23.0 Å². The SMILES string of the molecule is O=Cc1ccc(OC(F)F)c(Oc2ccccn2)c1. The van der Waals surface area contributed by atoms with E-state index < -0.39 is 6.61 Å². The Morgan fingerprint density at radius 2 is 2.00 bits per heavy atom. The second-order valence-electron chi connectivity index (χ2n) is 3.47. The van der Waals surface area contributed by atoms with Crippen molar-refractivity contribution in [3.63, 3.8) is 0 Å². The van der Waals surface area contributed by atoms with Crippen molar-refractivity contribution >= 4 is 6.29 Å². The van der Waals surface area contributed by atoms with Crippen molar-refractivity contribution in [1.82, 2.24) is 4.98 Å². The molecule has 6 heteroatoms. The van der Waals surface area contributed by atoms with E-state index >= 15 is 0 Å². The second-order valence-corrected chi connectivity index (χ2v) is 3.47. The van der Waals surface area contributed by atoms with E-state index in [0.29, 0.717) is 6.29 Å². The molecule has 4 nitrogen and oxygen atoms in total. The van der Waals surface area contributed by atoms with Crippen molar-refractivity contribution in [1.29, 1.82) is 0 Å². The highest BCUT2D eigenvalue weighted by atomic mass is 19.3. The molecular formula is C13H9F2NO3. The number of rotatable bonds is 5. The third-order valence-corrected chi connectivity index (χ3v) is 2.17. The molecule has 0 bridgehead atoms. The van der Waals surface area contributed by atoms with Crippen LogP contribution in [0, 0.1) is 0 Å². The standard InChI is InChI=1S/C13H9F2NO3/c14-13(15)19-10-5-4-9(8-17)7-11(10)18-12-3-1-2-6-16-12/h1-8,13H. The van der Waals surface area contributed by atoms with Gasteiger partial charge in [0.1, 0.15) is 6.29 Å². The van der Waals surface area contributed by atoms with Gasteiger partial charge in [-0.05, 0) is 24.3 Å². The highest BCUT2D eigenvalue weighted by molar-refractivity contribution is 5.76. The Labute approximate surface area is 107 Å². The molecule has 1 heterocycles. The van der Waals surface area contributed by atoms with Gasteiger partial charge in [0, 0.05) is 17.8 Å². The number of nitrogens with zero attached hydrogens (tertiary/aromatic N) is 1. The monoisotopic (exact) mass is 265 g/mol. The maximum Gasteiger partial charge on any atom is 0.387 e. The molecule has 2 aromatic rings. The van der Waals surface area contributed by atoms with Gasteiger partial charge in [-0.15, -0.1) is 0 Å². The molecule has 0 radical (unpaired) electrons. The van der Waals surface area contributed by atoms with Crippen LogP contribution in [0.4, 0.5) is 8.78 Å². The summed E-state index contributed by atoms with van der Waals surface area (Å²) in [6, 6.07) is 8.83. The number of hydrogen-bond acceptors (Lipinski definition) is 4. The molecule has 0 spiro atoms. The summed E-state index contributed by atoms with van der Waals surface area (Å²) in [5.74, 6) is 0.0551. The molecule has 0 aliphatic heterocycles. The number of carbonyl (C=O) groups is 1. The van der Waals surface area contributed by atoms with Gasteiger partial charge in [-0.1, -0.05) is 6.07 Å². The van der Waals surface area contributed by atoms with Crippen molar-refractivity contribution in [3.8, 4) is 17.4 Å². The molecule has 1 aromatic carbocycles. The van der Waals surface area contributed by atoms with Gasteiger partial charge in [-0.3, -0.25) is 4.79 Å². The lowest BCUT2D eigenvalue weighted by Gasteiger charge is -2.11. The smallest absolute Gasteiger partial charge is 0.387 e. The summed E-state index contributed by atoms with van der Waals surface area (Å²) in [7, 11) is 0. The van der Waals surface area contributed by atoms with Crippen LogP contribution in [0.2, 0.25) is 0 Å². The Balaban J connectivity index is 2.32. The van der Waals surface area contributed by atoms with Crippen LogP contribution >= 0.6 is 0 Å². The maximum atomic E-state index is 12.3. The number of ether oxygens (including phenoxy) is 2. The largest absolute Gasteiger partial charge is 0.435 e. The van der Waals surface area contributed by atoms with Gasteiger partial charge in [0.25, 0.3) is 0 Å². The van der Waals surface area contributed by atoms with Gasteiger partial charge >= 0.3 is 6.61 Å². The highest BCUT2D eigenvalue weighted by Gasteiger charge is 2.12. The van der Waals surface area contributed by atoms with Crippen LogP contribution in [0.3, 0.4) is 0 Å². The first-order valence-corrected chi connectivity index (χ1v) is 5.32. The quantitative estimate of drug-likeness (QED) is 0.778. The third-order valence-electron chi connectivity index (χ3n) is 2.17. The first-order valence-electron chi connectivity index (χ1n) is 5.32. The molecule has 0 fully saturated rings. The Kier molecular flexibility index (Phi) is 4.02. The zero-order valence-corrected chi connectivity index (χ0v) is 9.62. The van der Waals surface area contributed by atoms with E-state index in [2.05, 4.69) is 9.72 Å². The summed E-state index contributed by atoms with van der Waals surface area (Å²) in [5.41, 5.74) is 0.285. The molecule has 0 saturated heterocycles. The maximum absolute atomic E-state index is 12.3. The van der Waals surface area contributed by atoms with E-state index in [1.54, 1.807) is 18.2 Å². The fraction of sp³-hybridized carbons (Fsp3) is 0.0769. The third kappa shape index (κ3) is 3.48. The van der Waals surface area contributed by atoms with Crippen LogP contribution in [-0.4, -0.2) is 17.9 Å². The molecule has 1 aromatic heterocycles. The van der Waals surface area contributed by atoms with Crippen molar-refractivity contribution in [2.75, 3.05) is 0 Å². The zero-order chi connectivity index (χ0) is 13.7. The lowest BCUT2D eigenvalue weighted by Crippen LogP contribution is -2.03. The van der Waals surface area contributed by atoms with E-state index in [1.807, 2.05) is 0 Å². The Bertz CT molecular complexity index is 561. The second kappa shape index (κ2) is 5.90. The number of halogens is 2. The van der Waals surface area contributed by atoms with E-state index in [4.69, 9.17) is 4.74 Å². The minimum absolute atomic E-state index is 0.00333. The van der Waals surface area contributed by atoms with Crippen LogP contribution in [0.15, 0.2) is 42.6 Å². The van der Waals surface area contributed by atoms with Gasteiger partial charge in [0.05, 0.1) is 0 Å². The lowest BCUT2D eigenvalue weighted by atomic mass is 10.2. The summed E-state index contributed by atoms with van der Waals surface area (Å²) in [6.07, 6.45) is 2.07. The topological polar surface area (TPSA) is 48.4 Å². The Morgan fingerprint density at radius 1 is 1.16 bits per heavy atom. The molecule has 98 valence electrons. The number of aldehydes is 1. The summed E-state index contributed by atoms with van der Waals surface area (Å²) < 4.78 is 34.2. The fourth-order valence-corrected chi connectivity index (χ4v) is 1.39. The number of carbonyl (C=O) groups excluding carboxylic acids is 1. The lowest BCUT2D eigenvalue weighted by molar-refractivity contribution is -0.0510. The summed E-state index contributed by atoms with van der Waals surface area (Å²) >= 11 is 0. The molecule has 2 rings (SSSR count). The molecular weight excluding hydrogens is 256 g/mol. The van der Waals surface area contributed by atoms with Gasteiger partial charge in [-0.25, -0.2) is 4.98 Å². The predicted molar refractivity (Wildman–Crippen MR) is 62.8 cm³/mol. The number of hydrogen-bond donors (Lipinski definition) is 0. The van der Waals surface area contributed by atoms with Crippen molar-refractivity contribution in [2.24, 2.45) is 0 Å². The van der Waals surface area contributed by atoms with Crippen LogP contribution in [-0.2, 0) is 0 Å². The fourth-order valence-electron chi connectivity index (χ4n) is 1.39. The van der Waals surface area contributed by atoms with Gasteiger partial charge < -0.3 is 9.47 Å². The highest BCUT2D eigenvalue weighted by Crippen LogP contribution is 2.32. The van der Waals surface area contributed by atoms with E-state index in [1.165, 1.54) is 24.4 Å². The Hall–Kier alpha value is -2.50. The van der Waals surface area contributed by atoms with E-state index in [9.17, 15) is 13.6 Å².